The molecule has 1 aliphatic heterocycles. The molecule has 0 spiro atoms. The lowest BCUT2D eigenvalue weighted by molar-refractivity contribution is -0.136. The molecule has 22 heavy (non-hydrogen) atoms. The second kappa shape index (κ2) is 8.59. The van der Waals surface area contributed by atoms with Gasteiger partial charge < -0.3 is 4.90 Å². The molecule has 1 aromatic carbocycles. The number of rotatable bonds is 5. The van der Waals surface area contributed by atoms with Crippen LogP contribution in [0, 0.1) is 0 Å². The Kier molecular flexibility index (Phi) is 6.77. The molecule has 4 heteroatoms. The van der Waals surface area contributed by atoms with E-state index in [0.29, 0.717) is 0 Å². The zero-order chi connectivity index (χ0) is 15.9. The summed E-state index contributed by atoms with van der Waals surface area (Å²) in [5.74, 6) is 0.283. The van der Waals surface area contributed by atoms with Crippen LogP contribution in [0.3, 0.4) is 0 Å². The van der Waals surface area contributed by atoms with Crippen LogP contribution in [-0.4, -0.2) is 48.1 Å². The Hall–Kier alpha value is -1.00. The SMILES string of the molecule is CSc1ccc(CN(C)C(C)C(=O)N2CCCCCC2)cc1. The van der Waals surface area contributed by atoms with Gasteiger partial charge in [-0.25, -0.2) is 0 Å². The van der Waals surface area contributed by atoms with E-state index in [-0.39, 0.29) is 11.9 Å². The minimum atomic E-state index is -0.0571. The van der Waals surface area contributed by atoms with Gasteiger partial charge in [-0.05, 0) is 50.8 Å². The van der Waals surface area contributed by atoms with Crippen molar-refractivity contribution in [1.82, 2.24) is 9.80 Å². The van der Waals surface area contributed by atoms with Crippen LogP contribution in [0.5, 0.6) is 0 Å². The molecule has 0 saturated carbocycles. The minimum absolute atomic E-state index is 0.0571. The van der Waals surface area contributed by atoms with Gasteiger partial charge in [-0.1, -0.05) is 25.0 Å². The van der Waals surface area contributed by atoms with Gasteiger partial charge >= 0.3 is 0 Å². The number of hydrogen-bond donors (Lipinski definition) is 0. The van der Waals surface area contributed by atoms with Crippen molar-refractivity contribution in [3.05, 3.63) is 29.8 Å². The number of nitrogens with zero attached hydrogens (tertiary/aromatic N) is 2. The highest BCUT2D eigenvalue weighted by atomic mass is 32.2. The number of hydrogen-bond acceptors (Lipinski definition) is 3. The first-order valence-corrected chi connectivity index (χ1v) is 9.46. The standard InChI is InChI=1S/C18H28N2OS/c1-15(18(21)20-12-6-4-5-7-13-20)19(2)14-16-8-10-17(22-3)11-9-16/h8-11,15H,4-7,12-14H2,1-3H3. The number of likely N-dealkylation sites (N-methyl/N-ethyl adjacent to an activating group) is 1. The molecule has 0 aromatic heterocycles. The fourth-order valence-electron chi connectivity index (χ4n) is 2.90. The molecule has 1 fully saturated rings. The van der Waals surface area contributed by atoms with Crippen molar-refractivity contribution in [3.8, 4) is 0 Å². The van der Waals surface area contributed by atoms with E-state index in [2.05, 4.69) is 40.3 Å². The highest BCUT2D eigenvalue weighted by Crippen LogP contribution is 2.17. The molecule has 1 aliphatic rings. The van der Waals surface area contributed by atoms with E-state index in [1.54, 1.807) is 11.8 Å². The van der Waals surface area contributed by atoms with Crippen molar-refractivity contribution in [3.63, 3.8) is 0 Å². The first-order valence-electron chi connectivity index (χ1n) is 8.24. The van der Waals surface area contributed by atoms with Crippen LogP contribution in [0.15, 0.2) is 29.2 Å². The van der Waals surface area contributed by atoms with Crippen LogP contribution in [0.4, 0.5) is 0 Å². The number of carbonyl (C=O) groups is 1. The predicted octanol–water partition coefficient (Wildman–Crippen LogP) is 3.63. The minimum Gasteiger partial charge on any atom is -0.341 e. The van der Waals surface area contributed by atoms with Gasteiger partial charge in [0, 0.05) is 24.5 Å². The Balaban J connectivity index is 1.92. The second-order valence-electron chi connectivity index (χ2n) is 6.18. The average Bonchev–Trinajstić information content (AvgIpc) is 2.83. The third-order valence-corrected chi connectivity index (χ3v) is 5.27. The van der Waals surface area contributed by atoms with E-state index in [9.17, 15) is 4.79 Å². The van der Waals surface area contributed by atoms with Crippen molar-refractivity contribution >= 4 is 17.7 Å². The number of carbonyl (C=O) groups excluding carboxylic acids is 1. The number of likely N-dealkylation sites (tertiary alicyclic amines) is 1. The van der Waals surface area contributed by atoms with Gasteiger partial charge in [0.25, 0.3) is 0 Å². The average molecular weight is 321 g/mol. The highest BCUT2D eigenvalue weighted by Gasteiger charge is 2.24. The van der Waals surface area contributed by atoms with Crippen molar-refractivity contribution in [2.24, 2.45) is 0 Å². The number of thioether (sulfide) groups is 1. The Labute approximate surface area is 139 Å². The van der Waals surface area contributed by atoms with Crippen LogP contribution < -0.4 is 0 Å². The molecule has 122 valence electrons. The molecule has 1 aromatic rings. The van der Waals surface area contributed by atoms with Crippen molar-refractivity contribution in [2.75, 3.05) is 26.4 Å². The van der Waals surface area contributed by atoms with E-state index in [0.717, 1.165) is 32.5 Å². The molecule has 2 rings (SSSR count). The smallest absolute Gasteiger partial charge is 0.239 e. The van der Waals surface area contributed by atoms with Crippen molar-refractivity contribution in [1.29, 1.82) is 0 Å². The van der Waals surface area contributed by atoms with E-state index in [1.165, 1.54) is 23.3 Å². The summed E-state index contributed by atoms with van der Waals surface area (Å²) in [7, 11) is 2.04. The lowest BCUT2D eigenvalue weighted by atomic mass is 10.1. The van der Waals surface area contributed by atoms with Gasteiger partial charge in [-0.3, -0.25) is 9.69 Å². The summed E-state index contributed by atoms with van der Waals surface area (Å²) in [6, 6.07) is 8.56. The molecule has 1 heterocycles. The highest BCUT2D eigenvalue weighted by molar-refractivity contribution is 7.98. The fourth-order valence-corrected chi connectivity index (χ4v) is 3.31. The molecule has 0 bridgehead atoms. The maximum atomic E-state index is 12.7. The quantitative estimate of drug-likeness (QED) is 0.774. The first-order chi connectivity index (χ1) is 10.6. The van der Waals surface area contributed by atoms with E-state index in [1.807, 2.05) is 14.0 Å². The topological polar surface area (TPSA) is 23.6 Å². The third kappa shape index (κ3) is 4.75. The van der Waals surface area contributed by atoms with Crippen LogP contribution in [0.2, 0.25) is 0 Å². The lowest BCUT2D eigenvalue weighted by Gasteiger charge is -2.29. The monoisotopic (exact) mass is 320 g/mol. The molecule has 1 atom stereocenters. The maximum Gasteiger partial charge on any atom is 0.239 e. The Morgan fingerprint density at radius 1 is 1.18 bits per heavy atom. The maximum absolute atomic E-state index is 12.7. The first kappa shape index (κ1) is 17.4. The molecule has 3 nitrogen and oxygen atoms in total. The summed E-state index contributed by atoms with van der Waals surface area (Å²) in [5, 5.41) is 0. The number of amides is 1. The van der Waals surface area contributed by atoms with Crippen LogP contribution in [0.25, 0.3) is 0 Å². The molecule has 1 unspecified atom stereocenters. The fraction of sp³-hybridized carbons (Fsp3) is 0.611. The summed E-state index contributed by atoms with van der Waals surface area (Å²) in [5.41, 5.74) is 1.26. The van der Waals surface area contributed by atoms with Gasteiger partial charge in [0.2, 0.25) is 5.91 Å². The summed E-state index contributed by atoms with van der Waals surface area (Å²) in [4.78, 5) is 18.2. The summed E-state index contributed by atoms with van der Waals surface area (Å²) >= 11 is 1.75. The van der Waals surface area contributed by atoms with Crippen LogP contribution in [0.1, 0.15) is 38.2 Å². The zero-order valence-corrected chi connectivity index (χ0v) is 14.9. The van der Waals surface area contributed by atoms with Crippen molar-refractivity contribution < 1.29 is 4.79 Å². The largest absolute Gasteiger partial charge is 0.341 e. The van der Waals surface area contributed by atoms with Gasteiger partial charge in [-0.15, -0.1) is 11.8 Å². The third-order valence-electron chi connectivity index (χ3n) is 4.53. The molecule has 0 aliphatic carbocycles. The molecular weight excluding hydrogens is 292 g/mol. The van der Waals surface area contributed by atoms with E-state index in [4.69, 9.17) is 0 Å². The van der Waals surface area contributed by atoms with Crippen LogP contribution >= 0.6 is 11.8 Å². The molecule has 1 saturated heterocycles. The van der Waals surface area contributed by atoms with E-state index >= 15 is 0 Å². The van der Waals surface area contributed by atoms with Crippen LogP contribution in [-0.2, 0) is 11.3 Å². The Morgan fingerprint density at radius 3 is 2.32 bits per heavy atom. The second-order valence-corrected chi connectivity index (χ2v) is 7.06. The summed E-state index contributed by atoms with van der Waals surface area (Å²) < 4.78 is 0. The van der Waals surface area contributed by atoms with Gasteiger partial charge in [-0.2, -0.15) is 0 Å². The molecule has 0 radical (unpaired) electrons. The van der Waals surface area contributed by atoms with Gasteiger partial charge in [0.15, 0.2) is 0 Å². The predicted molar refractivity (Wildman–Crippen MR) is 94.2 cm³/mol. The van der Waals surface area contributed by atoms with E-state index < -0.39 is 0 Å². The van der Waals surface area contributed by atoms with Gasteiger partial charge in [0.1, 0.15) is 0 Å². The molecule has 0 N–H and O–H groups in total. The summed E-state index contributed by atoms with van der Waals surface area (Å²) in [6.45, 7) is 4.71. The molecule has 1 amide bonds. The molecular formula is C18H28N2OS. The Morgan fingerprint density at radius 2 is 1.77 bits per heavy atom. The zero-order valence-electron chi connectivity index (χ0n) is 14.0. The lowest BCUT2D eigenvalue weighted by Crippen LogP contribution is -2.45. The van der Waals surface area contributed by atoms with Gasteiger partial charge in [0.05, 0.1) is 6.04 Å². The van der Waals surface area contributed by atoms with Crippen molar-refractivity contribution in [2.45, 2.75) is 50.1 Å². The number of benzene rings is 1. The Bertz CT molecular complexity index is 466. The summed E-state index contributed by atoms with van der Waals surface area (Å²) in [6.07, 6.45) is 6.91. The normalized spacial score (nSPS) is 17.4.